The van der Waals surface area contributed by atoms with E-state index >= 15 is 0 Å². The first-order chi connectivity index (χ1) is 10.7. The summed E-state index contributed by atoms with van der Waals surface area (Å²) in [5.74, 6) is 1.56. The van der Waals surface area contributed by atoms with Crippen LogP contribution in [0.1, 0.15) is 30.2 Å². The van der Waals surface area contributed by atoms with Crippen molar-refractivity contribution in [3.05, 3.63) is 72.2 Å². The lowest BCUT2D eigenvalue weighted by Crippen LogP contribution is -2.18. The number of hydrogen-bond acceptors (Lipinski definition) is 4. The average molecular weight is 293 g/mol. The molecule has 3 rings (SSSR count). The molecule has 2 heterocycles. The van der Waals surface area contributed by atoms with Crippen LogP contribution in [0, 0.1) is 6.92 Å². The van der Waals surface area contributed by atoms with Gasteiger partial charge in [0.25, 0.3) is 0 Å². The van der Waals surface area contributed by atoms with Gasteiger partial charge in [-0.15, -0.1) is 0 Å². The van der Waals surface area contributed by atoms with Crippen molar-refractivity contribution in [1.29, 1.82) is 0 Å². The summed E-state index contributed by atoms with van der Waals surface area (Å²) in [6.45, 7) is 4.66. The highest BCUT2D eigenvalue weighted by molar-refractivity contribution is 5.62. The third kappa shape index (κ3) is 3.40. The minimum atomic E-state index is 0.235. The first-order valence-electron chi connectivity index (χ1n) is 7.37. The molecule has 0 aliphatic rings. The third-order valence-electron chi connectivity index (χ3n) is 3.65. The van der Waals surface area contributed by atoms with Crippen LogP contribution in [0.2, 0.25) is 0 Å². The highest BCUT2D eigenvalue weighted by Gasteiger charge is 2.07. The maximum absolute atomic E-state index is 5.47. The van der Waals surface area contributed by atoms with Gasteiger partial charge in [-0.2, -0.15) is 0 Å². The summed E-state index contributed by atoms with van der Waals surface area (Å²) in [6, 6.07) is 12.8. The molecule has 112 valence electrons. The predicted octanol–water partition coefficient (Wildman–Crippen LogP) is 3.90. The summed E-state index contributed by atoms with van der Waals surface area (Å²) < 4.78 is 5.47. The Morgan fingerprint density at radius 2 is 1.73 bits per heavy atom. The molecule has 0 fully saturated rings. The van der Waals surface area contributed by atoms with Crippen LogP contribution in [0.15, 0.2) is 59.4 Å². The van der Waals surface area contributed by atoms with Crippen LogP contribution in [0.3, 0.4) is 0 Å². The third-order valence-corrected chi connectivity index (χ3v) is 3.65. The monoisotopic (exact) mass is 293 g/mol. The zero-order chi connectivity index (χ0) is 15.4. The molecule has 0 spiro atoms. The summed E-state index contributed by atoms with van der Waals surface area (Å²) in [5.41, 5.74) is 3.61. The van der Waals surface area contributed by atoms with E-state index < -0.39 is 0 Å². The summed E-state index contributed by atoms with van der Waals surface area (Å²) in [5, 5.41) is 3.42. The number of aromatic nitrogens is 2. The van der Waals surface area contributed by atoms with Gasteiger partial charge in [-0.05, 0) is 42.7 Å². The van der Waals surface area contributed by atoms with Gasteiger partial charge in [0.2, 0.25) is 5.89 Å². The van der Waals surface area contributed by atoms with E-state index in [0.717, 1.165) is 11.7 Å². The molecule has 1 atom stereocenters. The first-order valence-corrected chi connectivity index (χ1v) is 7.37. The van der Waals surface area contributed by atoms with Crippen molar-refractivity contribution in [3.63, 3.8) is 0 Å². The number of nitrogens with one attached hydrogen (secondary N) is 1. The van der Waals surface area contributed by atoms with Gasteiger partial charge in [0.05, 0.1) is 12.7 Å². The van der Waals surface area contributed by atoms with Crippen LogP contribution in [-0.4, -0.2) is 9.97 Å². The standard InChI is InChI=1S/C18H19N3O/c1-13-11-21-18(22-13)12-20-14(2)15-3-5-16(6-4-15)17-7-9-19-10-8-17/h3-11,14,20H,12H2,1-2H3. The summed E-state index contributed by atoms with van der Waals surface area (Å²) in [6.07, 6.45) is 5.36. The second kappa shape index (κ2) is 6.54. The fraction of sp³-hybridized carbons (Fsp3) is 0.222. The van der Waals surface area contributed by atoms with Gasteiger partial charge >= 0.3 is 0 Å². The molecule has 1 N–H and O–H groups in total. The lowest BCUT2D eigenvalue weighted by molar-refractivity contribution is 0.432. The fourth-order valence-corrected chi connectivity index (χ4v) is 2.35. The second-order valence-corrected chi connectivity index (χ2v) is 5.33. The highest BCUT2D eigenvalue weighted by atomic mass is 16.4. The highest BCUT2D eigenvalue weighted by Crippen LogP contribution is 2.21. The largest absolute Gasteiger partial charge is 0.445 e. The maximum atomic E-state index is 5.47. The number of oxazole rings is 1. The van der Waals surface area contributed by atoms with Crippen LogP contribution < -0.4 is 5.32 Å². The van der Waals surface area contributed by atoms with Gasteiger partial charge in [-0.3, -0.25) is 4.98 Å². The quantitative estimate of drug-likeness (QED) is 0.775. The molecular formula is C18H19N3O. The lowest BCUT2D eigenvalue weighted by atomic mass is 10.0. The first kappa shape index (κ1) is 14.5. The van der Waals surface area contributed by atoms with Crippen LogP contribution in [0.25, 0.3) is 11.1 Å². The van der Waals surface area contributed by atoms with Gasteiger partial charge in [0, 0.05) is 18.4 Å². The maximum Gasteiger partial charge on any atom is 0.208 e. The van der Waals surface area contributed by atoms with E-state index in [1.54, 1.807) is 6.20 Å². The Bertz CT molecular complexity index is 720. The number of nitrogens with zero attached hydrogens (tertiary/aromatic N) is 2. The van der Waals surface area contributed by atoms with Crippen LogP contribution in [0.4, 0.5) is 0 Å². The Labute approximate surface area is 130 Å². The summed E-state index contributed by atoms with van der Waals surface area (Å²) in [4.78, 5) is 8.25. The number of hydrogen-bond donors (Lipinski definition) is 1. The number of benzene rings is 1. The molecule has 2 aromatic heterocycles. The lowest BCUT2D eigenvalue weighted by Gasteiger charge is -2.13. The van der Waals surface area contributed by atoms with Crippen LogP contribution >= 0.6 is 0 Å². The van der Waals surface area contributed by atoms with Crippen molar-refractivity contribution in [2.75, 3.05) is 0 Å². The zero-order valence-electron chi connectivity index (χ0n) is 12.8. The second-order valence-electron chi connectivity index (χ2n) is 5.33. The minimum absolute atomic E-state index is 0.235. The normalized spacial score (nSPS) is 12.3. The fourth-order valence-electron chi connectivity index (χ4n) is 2.35. The molecule has 4 nitrogen and oxygen atoms in total. The Kier molecular flexibility index (Phi) is 4.30. The Morgan fingerprint density at radius 3 is 2.36 bits per heavy atom. The average Bonchev–Trinajstić information content (AvgIpc) is 2.99. The van der Waals surface area contributed by atoms with Crippen molar-refractivity contribution in [3.8, 4) is 11.1 Å². The van der Waals surface area contributed by atoms with Crippen LogP contribution in [0.5, 0.6) is 0 Å². The molecule has 0 aliphatic heterocycles. The molecule has 0 amide bonds. The number of pyridine rings is 1. The van der Waals surface area contributed by atoms with Crippen molar-refractivity contribution in [2.24, 2.45) is 0 Å². The molecule has 3 aromatic rings. The molecule has 1 aromatic carbocycles. The van der Waals surface area contributed by atoms with E-state index in [1.165, 1.54) is 16.7 Å². The van der Waals surface area contributed by atoms with Crippen molar-refractivity contribution >= 4 is 0 Å². The van der Waals surface area contributed by atoms with E-state index in [9.17, 15) is 0 Å². The minimum Gasteiger partial charge on any atom is -0.445 e. The van der Waals surface area contributed by atoms with Gasteiger partial charge in [-0.25, -0.2) is 4.98 Å². The van der Waals surface area contributed by atoms with E-state index in [2.05, 4.69) is 46.5 Å². The van der Waals surface area contributed by atoms with E-state index in [0.29, 0.717) is 6.54 Å². The Hall–Kier alpha value is -2.46. The topological polar surface area (TPSA) is 51.0 Å². The molecule has 0 saturated heterocycles. The van der Waals surface area contributed by atoms with Crippen molar-refractivity contribution in [1.82, 2.24) is 15.3 Å². The van der Waals surface area contributed by atoms with Gasteiger partial charge in [0.15, 0.2) is 0 Å². The molecule has 0 bridgehead atoms. The summed E-state index contributed by atoms with van der Waals surface area (Å²) >= 11 is 0. The summed E-state index contributed by atoms with van der Waals surface area (Å²) in [7, 11) is 0. The van der Waals surface area contributed by atoms with Crippen molar-refractivity contribution < 1.29 is 4.42 Å². The van der Waals surface area contributed by atoms with E-state index in [-0.39, 0.29) is 6.04 Å². The molecule has 4 heteroatoms. The SMILES string of the molecule is Cc1cnc(CNC(C)c2ccc(-c3ccncc3)cc2)o1. The Morgan fingerprint density at radius 1 is 1.05 bits per heavy atom. The predicted molar refractivity (Wildman–Crippen MR) is 86.2 cm³/mol. The van der Waals surface area contributed by atoms with E-state index in [1.807, 2.05) is 31.5 Å². The molecule has 22 heavy (non-hydrogen) atoms. The zero-order valence-corrected chi connectivity index (χ0v) is 12.8. The van der Waals surface area contributed by atoms with Crippen LogP contribution in [-0.2, 0) is 6.54 Å². The van der Waals surface area contributed by atoms with Gasteiger partial charge < -0.3 is 9.73 Å². The van der Waals surface area contributed by atoms with Crippen molar-refractivity contribution in [2.45, 2.75) is 26.4 Å². The number of rotatable bonds is 5. The molecule has 0 radical (unpaired) electrons. The smallest absolute Gasteiger partial charge is 0.208 e. The molecule has 0 saturated carbocycles. The molecule has 0 aliphatic carbocycles. The van der Waals surface area contributed by atoms with Gasteiger partial charge in [0.1, 0.15) is 5.76 Å². The Balaban J connectivity index is 1.64. The van der Waals surface area contributed by atoms with Gasteiger partial charge in [-0.1, -0.05) is 24.3 Å². The number of aryl methyl sites for hydroxylation is 1. The molecular weight excluding hydrogens is 274 g/mol. The molecule has 1 unspecified atom stereocenters. The van der Waals surface area contributed by atoms with E-state index in [4.69, 9.17) is 4.42 Å².